The second kappa shape index (κ2) is 10.0. The SMILES string of the molecule is CC1c2cc(OCCCCC(=O)O)ccc2CCN1C(=O)C(C#N)=Cc1nccs1. The number of carbonyl (C=O) groups excluding carboxylic acids is 1. The number of carboxylic acids is 1. The molecular formula is C22H23N3O4S. The fraction of sp³-hybridized carbons (Fsp3) is 0.364. The Kier molecular flexibility index (Phi) is 7.20. The van der Waals surface area contributed by atoms with E-state index in [4.69, 9.17) is 9.84 Å². The number of unbranched alkanes of at least 4 members (excludes halogenated alkanes) is 1. The van der Waals surface area contributed by atoms with Gasteiger partial charge < -0.3 is 14.7 Å². The third-order valence-electron chi connectivity index (χ3n) is 5.04. The van der Waals surface area contributed by atoms with Crippen molar-refractivity contribution in [3.8, 4) is 11.8 Å². The van der Waals surface area contributed by atoms with E-state index in [9.17, 15) is 14.9 Å². The van der Waals surface area contributed by atoms with Crippen LogP contribution >= 0.6 is 11.3 Å². The minimum Gasteiger partial charge on any atom is -0.494 e. The number of hydrogen-bond acceptors (Lipinski definition) is 6. The molecule has 0 saturated carbocycles. The molecule has 1 aromatic heterocycles. The van der Waals surface area contributed by atoms with E-state index in [0.29, 0.717) is 43.2 Å². The van der Waals surface area contributed by atoms with Crippen molar-refractivity contribution in [1.82, 2.24) is 9.88 Å². The summed E-state index contributed by atoms with van der Waals surface area (Å²) < 4.78 is 5.77. The van der Waals surface area contributed by atoms with Gasteiger partial charge >= 0.3 is 5.97 Å². The van der Waals surface area contributed by atoms with Gasteiger partial charge in [0.05, 0.1) is 12.6 Å². The molecule has 1 aromatic carbocycles. The molecule has 1 aliphatic rings. The van der Waals surface area contributed by atoms with Crippen molar-refractivity contribution in [2.24, 2.45) is 0 Å². The van der Waals surface area contributed by atoms with Gasteiger partial charge in [-0.1, -0.05) is 6.07 Å². The van der Waals surface area contributed by atoms with E-state index in [1.807, 2.05) is 31.2 Å². The number of nitriles is 1. The molecule has 0 fully saturated rings. The predicted molar refractivity (Wildman–Crippen MR) is 113 cm³/mol. The average molecular weight is 426 g/mol. The Morgan fingerprint density at radius 1 is 1.43 bits per heavy atom. The number of nitrogens with zero attached hydrogens (tertiary/aromatic N) is 3. The van der Waals surface area contributed by atoms with Gasteiger partial charge in [0, 0.05) is 24.5 Å². The van der Waals surface area contributed by atoms with Crippen molar-refractivity contribution in [2.75, 3.05) is 13.2 Å². The van der Waals surface area contributed by atoms with Crippen LogP contribution in [-0.4, -0.2) is 40.0 Å². The van der Waals surface area contributed by atoms with Gasteiger partial charge in [0.2, 0.25) is 0 Å². The molecular weight excluding hydrogens is 402 g/mol. The van der Waals surface area contributed by atoms with Crippen molar-refractivity contribution in [1.29, 1.82) is 5.26 Å². The first kappa shape index (κ1) is 21.5. The number of aliphatic carboxylic acids is 1. The Hall–Kier alpha value is -3.18. The number of carboxylic acid groups (broad SMARTS) is 1. The number of amides is 1. The number of hydrogen-bond donors (Lipinski definition) is 1. The number of aromatic nitrogens is 1. The second-order valence-electron chi connectivity index (χ2n) is 7.02. The van der Waals surface area contributed by atoms with E-state index in [2.05, 4.69) is 4.98 Å². The summed E-state index contributed by atoms with van der Waals surface area (Å²) in [4.78, 5) is 29.4. The Labute approximate surface area is 179 Å². The van der Waals surface area contributed by atoms with Crippen molar-refractivity contribution in [2.45, 2.75) is 38.6 Å². The van der Waals surface area contributed by atoms with Gasteiger partial charge in [-0.15, -0.1) is 11.3 Å². The van der Waals surface area contributed by atoms with Gasteiger partial charge in [-0.25, -0.2) is 4.98 Å². The van der Waals surface area contributed by atoms with Crippen molar-refractivity contribution < 1.29 is 19.4 Å². The topological polar surface area (TPSA) is 104 Å². The minimum atomic E-state index is -0.803. The van der Waals surface area contributed by atoms with Crippen LogP contribution in [-0.2, 0) is 16.0 Å². The first-order valence-electron chi connectivity index (χ1n) is 9.79. The molecule has 0 aliphatic carbocycles. The first-order valence-corrected chi connectivity index (χ1v) is 10.7. The Morgan fingerprint density at radius 3 is 2.97 bits per heavy atom. The van der Waals surface area contributed by atoms with Crippen LogP contribution in [0.4, 0.5) is 0 Å². The normalized spacial score (nSPS) is 15.9. The largest absolute Gasteiger partial charge is 0.494 e. The summed E-state index contributed by atoms with van der Waals surface area (Å²) in [5.41, 5.74) is 2.24. The van der Waals surface area contributed by atoms with Crippen molar-refractivity contribution in [3.05, 3.63) is 51.5 Å². The molecule has 1 atom stereocenters. The molecule has 7 nitrogen and oxygen atoms in total. The molecule has 2 heterocycles. The van der Waals surface area contributed by atoms with E-state index >= 15 is 0 Å². The molecule has 1 amide bonds. The van der Waals surface area contributed by atoms with Crippen molar-refractivity contribution in [3.63, 3.8) is 0 Å². The molecule has 3 rings (SSSR count). The fourth-order valence-electron chi connectivity index (χ4n) is 3.45. The average Bonchev–Trinajstić information content (AvgIpc) is 3.25. The van der Waals surface area contributed by atoms with Crippen LogP contribution in [0.3, 0.4) is 0 Å². The molecule has 0 saturated heterocycles. The third kappa shape index (κ3) is 5.24. The highest BCUT2D eigenvalue weighted by atomic mass is 32.1. The zero-order valence-electron chi connectivity index (χ0n) is 16.7. The number of ether oxygens (including phenoxy) is 1. The predicted octanol–water partition coefficient (Wildman–Crippen LogP) is 3.83. The number of thiazole rings is 1. The zero-order chi connectivity index (χ0) is 21.5. The lowest BCUT2D eigenvalue weighted by Gasteiger charge is -2.35. The maximum Gasteiger partial charge on any atom is 0.303 e. The highest BCUT2D eigenvalue weighted by Crippen LogP contribution is 2.33. The summed E-state index contributed by atoms with van der Waals surface area (Å²) in [7, 11) is 0. The van der Waals surface area contributed by atoms with Crippen molar-refractivity contribution >= 4 is 29.3 Å². The monoisotopic (exact) mass is 425 g/mol. The minimum absolute atomic E-state index is 0.0751. The van der Waals surface area contributed by atoms with Crippen LogP contribution in [0, 0.1) is 11.3 Å². The van der Waals surface area contributed by atoms with Crippen LogP contribution < -0.4 is 4.74 Å². The van der Waals surface area contributed by atoms with Gasteiger partial charge in [-0.2, -0.15) is 5.26 Å². The molecule has 1 unspecified atom stereocenters. The molecule has 0 bridgehead atoms. The first-order chi connectivity index (χ1) is 14.5. The summed E-state index contributed by atoms with van der Waals surface area (Å²) in [6, 6.07) is 7.68. The molecule has 156 valence electrons. The highest BCUT2D eigenvalue weighted by Gasteiger charge is 2.30. The van der Waals surface area contributed by atoms with E-state index in [1.54, 1.807) is 16.5 Å². The molecule has 1 aliphatic heterocycles. The maximum absolute atomic E-state index is 13.0. The van der Waals surface area contributed by atoms with Crippen LogP contribution in [0.15, 0.2) is 35.3 Å². The lowest BCUT2D eigenvalue weighted by atomic mass is 9.92. The van der Waals surface area contributed by atoms with Gasteiger partial charge in [-0.05, 0) is 55.5 Å². The summed E-state index contributed by atoms with van der Waals surface area (Å²) in [5, 5.41) is 20.6. The lowest BCUT2D eigenvalue weighted by Crippen LogP contribution is -2.39. The molecule has 30 heavy (non-hydrogen) atoms. The van der Waals surface area contributed by atoms with Crippen LogP contribution in [0.1, 0.15) is 48.4 Å². The van der Waals surface area contributed by atoms with E-state index in [1.165, 1.54) is 17.4 Å². The summed E-state index contributed by atoms with van der Waals surface area (Å²) in [5.74, 6) is -0.405. The quantitative estimate of drug-likeness (QED) is 0.392. The molecule has 8 heteroatoms. The number of carbonyl (C=O) groups is 2. The number of benzene rings is 1. The summed E-state index contributed by atoms with van der Waals surface area (Å²) >= 11 is 1.38. The molecule has 2 aromatic rings. The number of fused-ring (bicyclic) bond motifs is 1. The Bertz CT molecular complexity index is 979. The highest BCUT2D eigenvalue weighted by molar-refractivity contribution is 7.10. The fourth-order valence-corrected chi connectivity index (χ4v) is 4.02. The van der Waals surface area contributed by atoms with Crippen LogP contribution in [0.5, 0.6) is 5.75 Å². The van der Waals surface area contributed by atoms with Gasteiger partial charge in [0.15, 0.2) is 0 Å². The van der Waals surface area contributed by atoms with Crippen LogP contribution in [0.2, 0.25) is 0 Å². The van der Waals surface area contributed by atoms with Gasteiger partial charge in [0.1, 0.15) is 22.4 Å². The molecule has 0 radical (unpaired) electrons. The maximum atomic E-state index is 13.0. The zero-order valence-corrected chi connectivity index (χ0v) is 17.5. The van der Waals surface area contributed by atoms with E-state index in [-0.39, 0.29) is 23.9 Å². The molecule has 1 N–H and O–H groups in total. The standard InChI is InChI=1S/C22H23N3O4S/c1-15-19-13-18(29-10-3-2-4-21(26)27)6-5-16(19)7-9-25(15)22(28)17(14-23)12-20-24-8-11-30-20/h5-6,8,11-13,15H,2-4,7,9-10H2,1H3,(H,26,27). The van der Waals surface area contributed by atoms with E-state index in [0.717, 1.165) is 11.1 Å². The van der Waals surface area contributed by atoms with E-state index < -0.39 is 5.97 Å². The smallest absolute Gasteiger partial charge is 0.303 e. The lowest BCUT2D eigenvalue weighted by molar-refractivity contribution is -0.137. The van der Waals surface area contributed by atoms with Gasteiger partial charge in [-0.3, -0.25) is 9.59 Å². The molecule has 0 spiro atoms. The van der Waals surface area contributed by atoms with Crippen LogP contribution in [0.25, 0.3) is 6.08 Å². The van der Waals surface area contributed by atoms with Gasteiger partial charge in [0.25, 0.3) is 5.91 Å². The Morgan fingerprint density at radius 2 is 2.27 bits per heavy atom. The summed E-state index contributed by atoms with van der Waals surface area (Å²) in [6.07, 6.45) is 5.25. The number of rotatable bonds is 8. The second-order valence-corrected chi connectivity index (χ2v) is 7.95. The summed E-state index contributed by atoms with van der Waals surface area (Å²) in [6.45, 7) is 2.93. The third-order valence-corrected chi connectivity index (χ3v) is 5.76. The Balaban J connectivity index is 1.69.